The third-order valence-electron chi connectivity index (χ3n) is 1.87. The molecule has 15 heavy (non-hydrogen) atoms. The van der Waals surface area contributed by atoms with E-state index in [2.05, 4.69) is 0 Å². The van der Waals surface area contributed by atoms with Crippen molar-refractivity contribution in [3.05, 3.63) is 33.8 Å². The summed E-state index contributed by atoms with van der Waals surface area (Å²) in [5, 5.41) is 8.60. The highest BCUT2D eigenvalue weighted by Gasteiger charge is 2.18. The van der Waals surface area contributed by atoms with Crippen LogP contribution in [0.3, 0.4) is 0 Å². The van der Waals surface area contributed by atoms with Crippen molar-refractivity contribution in [3.8, 4) is 6.07 Å². The van der Waals surface area contributed by atoms with Crippen molar-refractivity contribution in [2.75, 3.05) is 0 Å². The van der Waals surface area contributed by atoms with Crippen LogP contribution in [0.1, 0.15) is 34.8 Å². The molecule has 0 saturated carbocycles. The summed E-state index contributed by atoms with van der Waals surface area (Å²) in [4.78, 5) is 11.0. The van der Waals surface area contributed by atoms with Crippen LogP contribution in [-0.2, 0) is 0 Å². The maximum Gasteiger partial charge on any atom is 0.264 e. The van der Waals surface area contributed by atoms with Gasteiger partial charge in [0.15, 0.2) is 5.78 Å². The summed E-state index contributed by atoms with van der Waals surface area (Å²) in [6.07, 6.45) is -2.80. The summed E-state index contributed by atoms with van der Waals surface area (Å²) in [6.45, 7) is 1.17. The number of nitrogens with zero attached hydrogens (tertiary/aromatic N) is 1. The van der Waals surface area contributed by atoms with Crippen LogP contribution in [0.5, 0.6) is 0 Å². The van der Waals surface area contributed by atoms with Crippen molar-refractivity contribution in [1.82, 2.24) is 0 Å². The van der Waals surface area contributed by atoms with Crippen LogP contribution >= 0.6 is 11.6 Å². The second-order valence-corrected chi connectivity index (χ2v) is 3.30. The van der Waals surface area contributed by atoms with E-state index in [1.807, 2.05) is 0 Å². The summed E-state index contributed by atoms with van der Waals surface area (Å²) in [5.74, 6) is -0.503. The first-order valence-electron chi connectivity index (χ1n) is 4.00. The number of rotatable bonds is 2. The molecule has 0 aliphatic heterocycles. The lowest BCUT2D eigenvalue weighted by atomic mass is 10.0. The molecule has 1 rings (SSSR count). The molecule has 78 valence electrons. The van der Waals surface area contributed by atoms with Crippen LogP contribution < -0.4 is 0 Å². The summed E-state index contributed by atoms with van der Waals surface area (Å²) in [6, 6.07) is 3.73. The molecule has 0 heterocycles. The van der Waals surface area contributed by atoms with Crippen molar-refractivity contribution in [1.29, 1.82) is 5.26 Å². The fraction of sp³-hybridized carbons (Fsp3) is 0.200. The standard InChI is InChI=1S/C10H6ClF2NO/c1-5(15)7-3-9(11)6(4-14)2-8(7)10(12)13/h2-3,10H,1H3. The first-order valence-corrected chi connectivity index (χ1v) is 4.37. The SMILES string of the molecule is CC(=O)c1cc(Cl)c(C#N)cc1C(F)F. The molecule has 5 heteroatoms. The van der Waals surface area contributed by atoms with E-state index in [1.165, 1.54) is 6.92 Å². The molecular formula is C10H6ClF2NO. The lowest BCUT2D eigenvalue weighted by Gasteiger charge is -2.07. The Labute approximate surface area is 90.1 Å². The molecule has 2 nitrogen and oxygen atoms in total. The predicted molar refractivity (Wildman–Crippen MR) is 51.1 cm³/mol. The maximum absolute atomic E-state index is 12.5. The number of alkyl halides is 2. The van der Waals surface area contributed by atoms with Crippen molar-refractivity contribution < 1.29 is 13.6 Å². The fourth-order valence-electron chi connectivity index (χ4n) is 1.16. The van der Waals surface area contributed by atoms with Gasteiger partial charge in [-0.2, -0.15) is 5.26 Å². The van der Waals surface area contributed by atoms with E-state index in [4.69, 9.17) is 16.9 Å². The van der Waals surface area contributed by atoms with Crippen LogP contribution in [0.4, 0.5) is 8.78 Å². The minimum atomic E-state index is -2.80. The van der Waals surface area contributed by atoms with E-state index >= 15 is 0 Å². The lowest BCUT2D eigenvalue weighted by molar-refractivity contribution is 0.0999. The minimum absolute atomic E-state index is 0.00657. The molecule has 0 aliphatic carbocycles. The molecule has 0 atom stereocenters. The molecule has 0 bridgehead atoms. The molecule has 0 radical (unpaired) electrons. The first-order chi connectivity index (χ1) is 6.97. The molecule has 0 amide bonds. The number of benzene rings is 1. The molecule has 0 saturated heterocycles. The number of carbonyl (C=O) groups excluding carboxylic acids is 1. The Morgan fingerprint density at radius 2 is 2.13 bits per heavy atom. The molecule has 0 aliphatic rings. The zero-order valence-electron chi connectivity index (χ0n) is 7.72. The Bertz CT molecular complexity index is 451. The van der Waals surface area contributed by atoms with Crippen molar-refractivity contribution in [3.63, 3.8) is 0 Å². The Balaban J connectivity index is 3.47. The number of carbonyl (C=O) groups is 1. The largest absolute Gasteiger partial charge is 0.294 e. The average molecular weight is 230 g/mol. The number of Topliss-reactive ketones (excluding diaryl/α,β-unsaturated/α-hetero) is 1. The third-order valence-corrected chi connectivity index (χ3v) is 2.19. The Kier molecular flexibility index (Phi) is 3.38. The molecule has 0 N–H and O–H groups in total. The topological polar surface area (TPSA) is 40.9 Å². The van der Waals surface area contributed by atoms with Crippen LogP contribution in [-0.4, -0.2) is 5.78 Å². The molecule has 0 spiro atoms. The van der Waals surface area contributed by atoms with E-state index in [9.17, 15) is 13.6 Å². The van der Waals surface area contributed by atoms with Crippen molar-refractivity contribution in [2.45, 2.75) is 13.3 Å². The zero-order valence-corrected chi connectivity index (χ0v) is 8.48. The van der Waals surface area contributed by atoms with Crippen LogP contribution in [0.25, 0.3) is 0 Å². The third kappa shape index (κ3) is 2.31. The highest BCUT2D eigenvalue weighted by molar-refractivity contribution is 6.32. The number of hydrogen-bond donors (Lipinski definition) is 0. The van der Waals surface area contributed by atoms with Gasteiger partial charge in [0.05, 0.1) is 10.6 Å². The van der Waals surface area contributed by atoms with Gasteiger partial charge in [0.1, 0.15) is 6.07 Å². The second-order valence-electron chi connectivity index (χ2n) is 2.89. The Morgan fingerprint density at radius 3 is 2.53 bits per heavy atom. The van der Waals surface area contributed by atoms with Gasteiger partial charge in [-0.05, 0) is 19.1 Å². The smallest absolute Gasteiger partial charge is 0.264 e. The van der Waals surface area contributed by atoms with Gasteiger partial charge in [0, 0.05) is 11.1 Å². The summed E-state index contributed by atoms with van der Waals surface area (Å²) < 4.78 is 25.1. The minimum Gasteiger partial charge on any atom is -0.294 e. The summed E-state index contributed by atoms with van der Waals surface area (Å²) >= 11 is 5.63. The highest BCUT2D eigenvalue weighted by Crippen LogP contribution is 2.28. The van der Waals surface area contributed by atoms with Gasteiger partial charge in [0.2, 0.25) is 0 Å². The van der Waals surface area contributed by atoms with Crippen molar-refractivity contribution in [2.24, 2.45) is 0 Å². The van der Waals surface area contributed by atoms with E-state index in [0.29, 0.717) is 0 Å². The van der Waals surface area contributed by atoms with Gasteiger partial charge >= 0.3 is 0 Å². The maximum atomic E-state index is 12.5. The van der Waals surface area contributed by atoms with E-state index in [-0.39, 0.29) is 16.1 Å². The molecule has 0 unspecified atom stereocenters. The van der Waals surface area contributed by atoms with Gasteiger partial charge in [0.25, 0.3) is 6.43 Å². The van der Waals surface area contributed by atoms with Gasteiger partial charge in [-0.25, -0.2) is 8.78 Å². The molecule has 1 aromatic rings. The van der Waals surface area contributed by atoms with E-state index in [0.717, 1.165) is 12.1 Å². The quantitative estimate of drug-likeness (QED) is 0.730. The van der Waals surface area contributed by atoms with E-state index < -0.39 is 17.8 Å². The lowest BCUT2D eigenvalue weighted by Crippen LogP contribution is -2.01. The molecule has 1 aromatic carbocycles. The monoisotopic (exact) mass is 229 g/mol. The predicted octanol–water partition coefficient (Wildman–Crippen LogP) is 3.35. The molecular weight excluding hydrogens is 224 g/mol. The van der Waals surface area contributed by atoms with E-state index in [1.54, 1.807) is 6.07 Å². The van der Waals surface area contributed by atoms with Crippen LogP contribution in [0, 0.1) is 11.3 Å². The number of nitriles is 1. The summed E-state index contributed by atoms with van der Waals surface area (Å²) in [7, 11) is 0. The van der Waals surface area contributed by atoms with Crippen LogP contribution in [0.15, 0.2) is 12.1 Å². The highest BCUT2D eigenvalue weighted by atomic mass is 35.5. The van der Waals surface area contributed by atoms with Crippen molar-refractivity contribution >= 4 is 17.4 Å². The molecule has 0 aromatic heterocycles. The second kappa shape index (κ2) is 4.37. The first kappa shape index (κ1) is 11.6. The van der Waals surface area contributed by atoms with Gasteiger partial charge in [-0.3, -0.25) is 4.79 Å². The van der Waals surface area contributed by atoms with Gasteiger partial charge in [-0.1, -0.05) is 11.6 Å². The fourth-order valence-corrected chi connectivity index (χ4v) is 1.37. The van der Waals surface area contributed by atoms with Crippen LogP contribution in [0.2, 0.25) is 5.02 Å². The van der Waals surface area contributed by atoms with Gasteiger partial charge < -0.3 is 0 Å². The average Bonchev–Trinajstić information content (AvgIpc) is 2.16. The summed E-state index contributed by atoms with van der Waals surface area (Å²) in [5.41, 5.74) is -0.658. The zero-order chi connectivity index (χ0) is 11.6. The normalized spacial score (nSPS) is 10.1. The number of ketones is 1. The van der Waals surface area contributed by atoms with Gasteiger partial charge in [-0.15, -0.1) is 0 Å². The number of hydrogen-bond acceptors (Lipinski definition) is 2. The molecule has 0 fully saturated rings. The Morgan fingerprint density at radius 1 is 1.53 bits per heavy atom. The number of halogens is 3. The Hall–Kier alpha value is -1.47.